The number of aromatic amines is 1. The van der Waals surface area contributed by atoms with E-state index < -0.39 is 37.0 Å². The molecule has 73 heavy (non-hydrogen) atoms. The highest BCUT2D eigenvalue weighted by molar-refractivity contribution is 7.90. The Morgan fingerprint density at radius 1 is 0.973 bits per heavy atom. The molecule has 11 rings (SSSR count). The summed E-state index contributed by atoms with van der Waals surface area (Å²) >= 11 is 0. The zero-order valence-electron chi connectivity index (χ0n) is 42.3. The van der Waals surface area contributed by atoms with E-state index in [1.807, 2.05) is 26.1 Å². The molecule has 3 atom stereocenters. The van der Waals surface area contributed by atoms with Crippen molar-refractivity contribution in [1.82, 2.24) is 24.5 Å². The van der Waals surface area contributed by atoms with E-state index in [-0.39, 0.29) is 64.5 Å². The molecule has 3 saturated heterocycles. The van der Waals surface area contributed by atoms with E-state index in [0.29, 0.717) is 55.9 Å². The third-order valence-electron chi connectivity index (χ3n) is 17.0. The minimum Gasteiger partial charge on any atom is -0.489 e. The van der Waals surface area contributed by atoms with Gasteiger partial charge >= 0.3 is 0 Å². The molecule has 2 saturated carbocycles. The maximum Gasteiger partial charge on any atom is 0.297 e. The lowest BCUT2D eigenvalue weighted by molar-refractivity contribution is -0.384. The maximum absolute atomic E-state index is 14.5. The van der Waals surface area contributed by atoms with Crippen molar-refractivity contribution in [1.29, 1.82) is 0 Å². The first-order chi connectivity index (χ1) is 35.0. The van der Waals surface area contributed by atoms with Crippen LogP contribution in [0.2, 0.25) is 0 Å². The number of aromatic nitrogens is 2. The van der Waals surface area contributed by atoms with Gasteiger partial charge in [0.05, 0.1) is 27.0 Å². The summed E-state index contributed by atoms with van der Waals surface area (Å²) in [6.07, 6.45) is 11.8. The summed E-state index contributed by atoms with van der Waals surface area (Å²) in [4.78, 5) is 41.0. The van der Waals surface area contributed by atoms with Crippen molar-refractivity contribution in [3.63, 3.8) is 0 Å². The molecule has 4 N–H and O–H groups in total. The van der Waals surface area contributed by atoms with Gasteiger partial charge in [-0.25, -0.2) is 13.1 Å². The number of ether oxygens (including phenoxy) is 3. The van der Waals surface area contributed by atoms with E-state index >= 15 is 0 Å². The number of nitro benzene ring substituents is 1. The van der Waals surface area contributed by atoms with Crippen LogP contribution in [-0.2, 0) is 10.0 Å². The maximum atomic E-state index is 14.5. The monoisotopic (exact) mass is 1020 g/mol. The van der Waals surface area contributed by atoms with Gasteiger partial charge in [0.25, 0.3) is 27.5 Å². The van der Waals surface area contributed by atoms with Gasteiger partial charge in [0.1, 0.15) is 24.1 Å². The SMILES string of the molecule is CC(C)c1ccccc1[C@@H]1CCCN1C1CC2(CCN(c3ccc(C(=O)NS(=O)(=O)c4cc5c(c([N+](=O)[O-])c4)N[C@@H](C4CCC(C)(O)CC4)CO5)c(Oc4cc5cc[nH]c5nc4O[C@@H]4CCN(C)C4)c3)CC2)C1. The number of likely N-dealkylation sites (N-methyl/N-ethyl adjacent to an activating group) is 1. The van der Waals surface area contributed by atoms with Crippen molar-refractivity contribution in [2.45, 2.75) is 132 Å². The molecule has 5 aromatic rings. The Morgan fingerprint density at radius 3 is 2.49 bits per heavy atom. The lowest BCUT2D eigenvalue weighted by Crippen LogP contribution is -2.54. The highest BCUT2D eigenvalue weighted by Gasteiger charge is 2.50. The first-order valence-electron chi connectivity index (χ1n) is 26.3. The molecular weight excluding hydrogens is 949 g/mol. The highest BCUT2D eigenvalue weighted by Crippen LogP contribution is 2.55. The van der Waals surface area contributed by atoms with Gasteiger partial charge in [-0.15, -0.1) is 0 Å². The quantitative estimate of drug-likeness (QED) is 0.0641. The van der Waals surface area contributed by atoms with Crippen molar-refractivity contribution in [3.8, 4) is 23.1 Å². The Balaban J connectivity index is 0.846. The van der Waals surface area contributed by atoms with Gasteiger partial charge in [-0.2, -0.15) is 4.98 Å². The van der Waals surface area contributed by atoms with E-state index in [1.54, 1.807) is 24.4 Å². The van der Waals surface area contributed by atoms with E-state index in [2.05, 4.69) is 67.8 Å². The number of rotatable bonds is 13. The standard InChI is InChI=1S/C55H68N8O9S/c1-34(2)41-8-5-6-9-42(41)45-10-7-22-62(45)38-30-55(31-38)19-24-61(25-20-55)37-11-12-43(47(27-37)72-49-26-36-15-21-56-51(36)58-53(49)71-39-16-23-60(4)32-39)52(64)59-73(68,69)40-28-46(63(66)67)50-48(29-40)70-33-44(57-50)35-13-17-54(3,65)18-14-35/h5-6,8-9,11-12,15,21,26-29,34-35,38-39,44-45,57,65H,7,10,13-14,16-20,22-25,30-33H2,1-4H3,(H,56,58)(H,59,64)/t35?,39-,44-,45+,54?/m1/s1. The Bertz CT molecular complexity index is 3010. The average molecular weight is 1020 g/mol. The molecule has 6 heterocycles. The second-order valence-corrected chi connectivity index (χ2v) is 24.1. The summed E-state index contributed by atoms with van der Waals surface area (Å²) in [5.74, 6) is 0.182. The Morgan fingerprint density at radius 2 is 1.75 bits per heavy atom. The van der Waals surface area contributed by atoms with Crippen molar-refractivity contribution in [2.24, 2.45) is 11.3 Å². The number of carbonyl (C=O) groups is 1. The van der Waals surface area contributed by atoms with Crippen LogP contribution in [0.1, 0.15) is 125 Å². The van der Waals surface area contributed by atoms with Crippen molar-refractivity contribution in [3.05, 3.63) is 99.7 Å². The number of hydrogen-bond donors (Lipinski definition) is 4. The number of fused-ring (bicyclic) bond motifs is 2. The van der Waals surface area contributed by atoms with Crippen molar-refractivity contribution >= 4 is 44.0 Å². The van der Waals surface area contributed by atoms with Crippen molar-refractivity contribution in [2.75, 3.05) is 56.6 Å². The summed E-state index contributed by atoms with van der Waals surface area (Å²) in [5, 5.41) is 27.0. The molecular formula is C55H68N8O9S. The number of aliphatic hydroxyl groups is 1. The van der Waals surface area contributed by atoms with Crippen LogP contribution in [0, 0.1) is 21.4 Å². The topological polar surface area (TPSA) is 205 Å². The molecule has 0 radical (unpaired) electrons. The number of H-pyrrole nitrogens is 1. The summed E-state index contributed by atoms with van der Waals surface area (Å²) in [7, 11) is -2.68. The zero-order valence-corrected chi connectivity index (χ0v) is 43.1. The molecule has 0 bridgehead atoms. The third kappa shape index (κ3) is 9.95. The second kappa shape index (κ2) is 19.4. The summed E-state index contributed by atoms with van der Waals surface area (Å²) in [5.41, 5.74) is 3.40. The number of nitro groups is 1. The van der Waals surface area contributed by atoms with Gasteiger partial charge in [0.2, 0.25) is 0 Å². The van der Waals surface area contributed by atoms with E-state index in [9.17, 15) is 28.4 Å². The number of benzene rings is 3. The highest BCUT2D eigenvalue weighted by atomic mass is 32.2. The van der Waals surface area contributed by atoms with Crippen LogP contribution < -0.4 is 29.1 Å². The number of pyridine rings is 1. The molecule has 2 aliphatic carbocycles. The molecule has 4 aliphatic heterocycles. The molecule has 1 amide bonds. The number of nitrogens with zero attached hydrogens (tertiary/aromatic N) is 5. The lowest BCUT2D eigenvalue weighted by atomic mass is 9.59. The normalized spacial score (nSPS) is 25.5. The Hall–Kier alpha value is -5.95. The van der Waals surface area contributed by atoms with Gasteiger partial charge in [-0.3, -0.25) is 19.8 Å². The van der Waals surface area contributed by atoms with E-state index in [0.717, 1.165) is 62.6 Å². The molecule has 0 unspecified atom stereocenters. The number of piperidine rings is 1. The second-order valence-electron chi connectivity index (χ2n) is 22.4. The van der Waals surface area contributed by atoms with Crippen LogP contribution in [0.15, 0.2) is 77.8 Å². The molecule has 1 spiro atoms. The summed E-state index contributed by atoms with van der Waals surface area (Å²) in [6, 6.07) is 20.7. The Kier molecular flexibility index (Phi) is 13.1. The fourth-order valence-electron chi connectivity index (χ4n) is 12.8. The number of nitrogens with one attached hydrogen (secondary N) is 3. The van der Waals surface area contributed by atoms with Crippen LogP contribution >= 0.6 is 0 Å². The average Bonchev–Trinajstić information content (AvgIpc) is 4.14. The van der Waals surface area contributed by atoms with Crippen LogP contribution in [0.3, 0.4) is 0 Å². The molecule has 17 nitrogen and oxygen atoms in total. The predicted octanol–water partition coefficient (Wildman–Crippen LogP) is 9.29. The van der Waals surface area contributed by atoms with E-state index in [1.165, 1.54) is 42.9 Å². The molecule has 388 valence electrons. The number of sulfonamides is 1. The Labute approximate surface area is 427 Å². The molecule has 6 aliphatic rings. The van der Waals surface area contributed by atoms with Gasteiger partial charge < -0.3 is 39.4 Å². The minimum atomic E-state index is -4.72. The van der Waals surface area contributed by atoms with Crippen LogP contribution in [-0.4, -0.2) is 114 Å². The van der Waals surface area contributed by atoms with Gasteiger partial charge in [-0.1, -0.05) is 38.1 Å². The van der Waals surface area contributed by atoms with Crippen LogP contribution in [0.25, 0.3) is 11.0 Å². The van der Waals surface area contributed by atoms with Gasteiger partial charge in [0, 0.05) is 73.7 Å². The summed E-state index contributed by atoms with van der Waals surface area (Å²) in [6.45, 7) is 10.8. The zero-order chi connectivity index (χ0) is 50.8. The molecule has 18 heteroatoms. The van der Waals surface area contributed by atoms with Crippen LogP contribution in [0.4, 0.5) is 17.1 Å². The smallest absolute Gasteiger partial charge is 0.297 e. The van der Waals surface area contributed by atoms with Gasteiger partial charge in [0.15, 0.2) is 17.2 Å². The van der Waals surface area contributed by atoms with E-state index in [4.69, 9.17) is 19.2 Å². The molecule has 2 aromatic heterocycles. The predicted molar refractivity (Wildman–Crippen MR) is 278 cm³/mol. The van der Waals surface area contributed by atoms with Crippen LogP contribution in [0.5, 0.6) is 23.1 Å². The number of carbonyl (C=O) groups excluding carboxylic acids is 1. The third-order valence-corrected chi connectivity index (χ3v) is 18.3. The first kappa shape index (κ1) is 49.3. The number of likely N-dealkylation sites (tertiary alicyclic amines) is 2. The van der Waals surface area contributed by atoms with Gasteiger partial charge in [-0.05, 0) is 144 Å². The summed E-state index contributed by atoms with van der Waals surface area (Å²) < 4.78 is 49.8. The number of anilines is 2. The molecule has 5 fully saturated rings. The fraction of sp³-hybridized carbons (Fsp3) is 0.527. The lowest BCUT2D eigenvalue weighted by Gasteiger charge is -2.56. The minimum absolute atomic E-state index is 0.00326. The largest absolute Gasteiger partial charge is 0.489 e. The number of amides is 1. The first-order valence-corrected chi connectivity index (χ1v) is 27.7. The fourth-order valence-corrected chi connectivity index (χ4v) is 13.8. The number of hydrogen-bond acceptors (Lipinski definition) is 14. The molecule has 3 aromatic carbocycles. The van der Waals surface area contributed by atoms with Crippen molar-refractivity contribution < 1.29 is 37.5 Å².